The number of hydrogen-bond acceptors (Lipinski definition) is 4. The Morgan fingerprint density at radius 1 is 0.345 bits per heavy atom. The summed E-state index contributed by atoms with van der Waals surface area (Å²) in [6.45, 7) is 0. The number of rotatable bonds is 6. The summed E-state index contributed by atoms with van der Waals surface area (Å²) in [6.07, 6.45) is 0. The Labute approximate surface area is 343 Å². The number of thiophene rings is 2. The van der Waals surface area contributed by atoms with E-state index >= 15 is 0 Å². The molecular weight excluding hydrogens is 743 g/mol. The number of hydrogen-bond donors (Lipinski definition) is 0. The summed E-state index contributed by atoms with van der Waals surface area (Å²) in [5.41, 5.74) is 12.4. The molecule has 4 heteroatoms. The van der Waals surface area contributed by atoms with Gasteiger partial charge in [-0.15, -0.1) is 22.7 Å². The van der Waals surface area contributed by atoms with E-state index in [2.05, 4.69) is 199 Å². The Hall–Kier alpha value is -6.98. The maximum atomic E-state index is 6.72. The van der Waals surface area contributed by atoms with Gasteiger partial charge in [-0.2, -0.15) is 0 Å². The molecule has 272 valence electrons. The second-order valence-corrected chi connectivity index (χ2v) is 16.9. The van der Waals surface area contributed by atoms with Gasteiger partial charge in [0.05, 0.1) is 16.1 Å². The fourth-order valence-corrected chi connectivity index (χ4v) is 11.3. The molecule has 3 aromatic heterocycles. The zero-order chi connectivity index (χ0) is 38.2. The van der Waals surface area contributed by atoms with E-state index in [0.717, 1.165) is 39.0 Å². The van der Waals surface area contributed by atoms with Gasteiger partial charge in [0.2, 0.25) is 0 Å². The van der Waals surface area contributed by atoms with E-state index in [-0.39, 0.29) is 0 Å². The first kappa shape index (κ1) is 33.2. The average molecular weight is 776 g/mol. The quantitative estimate of drug-likeness (QED) is 0.167. The maximum Gasteiger partial charge on any atom is 0.159 e. The molecule has 12 aromatic rings. The summed E-state index contributed by atoms with van der Waals surface area (Å²) >= 11 is 3.75. The van der Waals surface area contributed by atoms with E-state index < -0.39 is 0 Å². The number of para-hydroxylation sites is 2. The van der Waals surface area contributed by atoms with E-state index in [0.29, 0.717) is 0 Å². The van der Waals surface area contributed by atoms with E-state index in [1.807, 2.05) is 28.7 Å². The van der Waals surface area contributed by atoms with Crippen LogP contribution in [-0.2, 0) is 0 Å². The fraction of sp³-hybridized carbons (Fsp3) is 0. The monoisotopic (exact) mass is 775 g/mol. The van der Waals surface area contributed by atoms with Crippen LogP contribution in [-0.4, -0.2) is 0 Å². The number of nitrogens with zero attached hydrogens (tertiary/aromatic N) is 1. The third-order valence-electron chi connectivity index (χ3n) is 11.5. The lowest BCUT2D eigenvalue weighted by molar-refractivity contribution is 0.669. The van der Waals surface area contributed by atoms with E-state index in [4.69, 9.17) is 4.42 Å². The van der Waals surface area contributed by atoms with Crippen LogP contribution in [0.15, 0.2) is 205 Å². The number of furan rings is 1. The molecule has 3 heterocycles. The smallest absolute Gasteiger partial charge is 0.159 e. The van der Waals surface area contributed by atoms with Crippen LogP contribution >= 0.6 is 22.7 Å². The van der Waals surface area contributed by atoms with Gasteiger partial charge < -0.3 is 9.32 Å². The highest BCUT2D eigenvalue weighted by Gasteiger charge is 2.23. The summed E-state index contributed by atoms with van der Waals surface area (Å²) in [4.78, 5) is 2.40. The molecule has 2 nitrogen and oxygen atoms in total. The predicted molar refractivity (Wildman–Crippen MR) is 250 cm³/mol. The molecule has 0 aliphatic rings. The third-order valence-corrected chi connectivity index (χ3v) is 14.0. The van der Waals surface area contributed by atoms with Gasteiger partial charge in [0.25, 0.3) is 0 Å². The molecular formula is C54H33NOS2. The van der Waals surface area contributed by atoms with Gasteiger partial charge >= 0.3 is 0 Å². The second kappa shape index (κ2) is 13.3. The van der Waals surface area contributed by atoms with Crippen LogP contribution in [0, 0.1) is 0 Å². The second-order valence-electron chi connectivity index (χ2n) is 14.8. The molecule has 0 unspecified atom stereocenters. The first-order valence-corrected chi connectivity index (χ1v) is 21.2. The van der Waals surface area contributed by atoms with E-state index in [1.165, 1.54) is 73.7 Å². The molecule has 0 atom stereocenters. The van der Waals surface area contributed by atoms with Gasteiger partial charge in [0.1, 0.15) is 5.58 Å². The normalized spacial score (nSPS) is 11.8. The van der Waals surface area contributed by atoms with Gasteiger partial charge in [-0.3, -0.25) is 0 Å². The Morgan fingerprint density at radius 3 is 1.62 bits per heavy atom. The first-order valence-electron chi connectivity index (χ1n) is 19.6. The zero-order valence-corrected chi connectivity index (χ0v) is 32.9. The summed E-state index contributed by atoms with van der Waals surface area (Å²) in [6, 6.07) is 72.4. The van der Waals surface area contributed by atoms with Crippen molar-refractivity contribution in [3.63, 3.8) is 0 Å². The molecule has 58 heavy (non-hydrogen) atoms. The van der Waals surface area contributed by atoms with Crippen LogP contribution in [0.1, 0.15) is 0 Å². The van der Waals surface area contributed by atoms with E-state index in [9.17, 15) is 0 Å². The van der Waals surface area contributed by atoms with Gasteiger partial charge in [0.15, 0.2) is 5.58 Å². The molecule has 0 bridgehead atoms. The van der Waals surface area contributed by atoms with Crippen LogP contribution in [0.3, 0.4) is 0 Å². The Bertz CT molecular complexity index is 3500. The SMILES string of the molecule is c1ccc(-c2cccc3c2sc2ccc(-c4ccc(N(c5cccc6c5oc5ccccc56)c5cccc6c5sc5c(-c7ccccc7)cccc56)cc4)cc23)cc1. The largest absolute Gasteiger partial charge is 0.454 e. The van der Waals surface area contributed by atoms with Crippen molar-refractivity contribution in [1.82, 2.24) is 0 Å². The van der Waals surface area contributed by atoms with Crippen molar-refractivity contribution in [3.8, 4) is 33.4 Å². The summed E-state index contributed by atoms with van der Waals surface area (Å²) in [5.74, 6) is 0. The van der Waals surface area contributed by atoms with Crippen molar-refractivity contribution in [1.29, 1.82) is 0 Å². The molecule has 0 spiro atoms. The van der Waals surface area contributed by atoms with Gasteiger partial charge in [-0.05, 0) is 75.8 Å². The van der Waals surface area contributed by atoms with Gasteiger partial charge in [-0.1, -0.05) is 158 Å². The standard InChI is InChI=1S/C54H33NOS2/c1-3-13-35(14-4-1)39-18-10-22-45-46-33-37(29-32-50(46)57-52(39)45)34-27-30-38(31-28-34)55(47-24-11-20-42-41-17-7-8-26-49(41)56-51(42)47)48-25-12-23-44-43-21-9-19-40(53(43)58-54(44)48)36-15-5-2-6-16-36/h1-33H. The lowest BCUT2D eigenvalue weighted by Gasteiger charge is -2.26. The molecule has 0 saturated heterocycles. The molecule has 0 aliphatic heterocycles. The molecule has 0 saturated carbocycles. The number of fused-ring (bicyclic) bond motifs is 9. The van der Waals surface area contributed by atoms with Gasteiger partial charge in [0, 0.05) is 52.1 Å². The minimum atomic E-state index is 0.875. The molecule has 9 aromatic carbocycles. The van der Waals surface area contributed by atoms with Crippen LogP contribution in [0.4, 0.5) is 17.1 Å². The van der Waals surface area contributed by atoms with Gasteiger partial charge in [-0.25, -0.2) is 0 Å². The molecule has 0 fully saturated rings. The van der Waals surface area contributed by atoms with Crippen LogP contribution < -0.4 is 4.90 Å². The maximum absolute atomic E-state index is 6.72. The van der Waals surface area contributed by atoms with Crippen molar-refractivity contribution < 1.29 is 4.42 Å². The lowest BCUT2D eigenvalue weighted by Crippen LogP contribution is -2.10. The van der Waals surface area contributed by atoms with Crippen LogP contribution in [0.2, 0.25) is 0 Å². The highest BCUT2D eigenvalue weighted by Crippen LogP contribution is 2.49. The fourth-order valence-electron chi connectivity index (χ4n) is 8.77. The summed E-state index contributed by atoms with van der Waals surface area (Å²) < 4.78 is 11.9. The Balaban J connectivity index is 1.03. The lowest BCUT2D eigenvalue weighted by atomic mass is 10.00. The minimum Gasteiger partial charge on any atom is -0.454 e. The average Bonchev–Trinajstić information content (AvgIpc) is 3.99. The van der Waals surface area contributed by atoms with Crippen LogP contribution in [0.25, 0.3) is 95.7 Å². The highest BCUT2D eigenvalue weighted by molar-refractivity contribution is 7.27. The Morgan fingerprint density at radius 2 is 0.897 bits per heavy atom. The van der Waals surface area contributed by atoms with Crippen molar-refractivity contribution in [2.75, 3.05) is 4.90 Å². The van der Waals surface area contributed by atoms with E-state index in [1.54, 1.807) is 0 Å². The summed E-state index contributed by atoms with van der Waals surface area (Å²) in [7, 11) is 0. The molecule has 0 N–H and O–H groups in total. The van der Waals surface area contributed by atoms with Crippen molar-refractivity contribution in [2.24, 2.45) is 0 Å². The third kappa shape index (κ3) is 5.23. The molecule has 0 amide bonds. The first-order chi connectivity index (χ1) is 28.8. The topological polar surface area (TPSA) is 16.4 Å². The van der Waals surface area contributed by atoms with Crippen LogP contribution in [0.5, 0.6) is 0 Å². The van der Waals surface area contributed by atoms with Crippen molar-refractivity contribution in [3.05, 3.63) is 200 Å². The predicted octanol–water partition coefficient (Wildman–Crippen LogP) is 16.8. The number of benzene rings is 9. The highest BCUT2D eigenvalue weighted by atomic mass is 32.1. The molecule has 0 radical (unpaired) electrons. The number of anilines is 3. The Kier molecular flexibility index (Phi) is 7.62. The van der Waals surface area contributed by atoms with Crippen molar-refractivity contribution in [2.45, 2.75) is 0 Å². The minimum absolute atomic E-state index is 0.875. The molecule has 0 aliphatic carbocycles. The zero-order valence-electron chi connectivity index (χ0n) is 31.2. The molecule has 12 rings (SSSR count). The van der Waals surface area contributed by atoms with Crippen molar-refractivity contribution >= 4 is 102 Å². The summed E-state index contributed by atoms with van der Waals surface area (Å²) in [5, 5.41) is 7.35.